The average molecular weight is 705 g/mol. The van der Waals surface area contributed by atoms with Gasteiger partial charge in [-0.3, -0.25) is 14.0 Å². The van der Waals surface area contributed by atoms with E-state index in [2.05, 4.69) is 10.6 Å². The van der Waals surface area contributed by atoms with Crippen molar-refractivity contribution in [3.05, 3.63) is 107 Å². The highest BCUT2D eigenvalue weighted by Crippen LogP contribution is 2.29. The highest BCUT2D eigenvalue weighted by atomic mass is 19.3. The van der Waals surface area contributed by atoms with Crippen molar-refractivity contribution in [3.63, 3.8) is 0 Å². The number of amides is 1. The zero-order valence-electron chi connectivity index (χ0n) is 28.5. The molecule has 0 saturated carbocycles. The van der Waals surface area contributed by atoms with Gasteiger partial charge in [-0.05, 0) is 117 Å². The largest absolute Gasteiger partial charge is 0.462 e. The minimum Gasteiger partial charge on any atom is -0.462 e. The van der Waals surface area contributed by atoms with E-state index >= 15 is 0 Å². The first kappa shape index (κ1) is 38.2. The van der Waals surface area contributed by atoms with E-state index in [9.17, 15) is 32.3 Å². The molecule has 0 fully saturated rings. The molecule has 2 N–H and O–H groups in total. The number of ketones is 1. The molecule has 268 valence electrons. The first-order valence-electron chi connectivity index (χ1n) is 16.3. The molecule has 0 aliphatic heterocycles. The van der Waals surface area contributed by atoms with E-state index in [1.165, 1.54) is 31.2 Å². The van der Waals surface area contributed by atoms with Gasteiger partial charge in [0, 0.05) is 30.4 Å². The highest BCUT2D eigenvalue weighted by Gasteiger charge is 2.23. The number of halogens is 3. The number of ether oxygens (including phenoxy) is 3. The molecule has 0 atom stereocenters. The Morgan fingerprint density at radius 1 is 0.667 bits per heavy atom. The Bertz CT molecular complexity index is 1840. The van der Waals surface area contributed by atoms with Gasteiger partial charge in [0.05, 0.1) is 36.6 Å². The number of carbonyl (C=O) groups is 4. The Kier molecular flexibility index (Phi) is 13.3. The Morgan fingerprint density at radius 3 is 1.69 bits per heavy atom. The van der Waals surface area contributed by atoms with Gasteiger partial charge in [0.2, 0.25) is 5.92 Å². The third kappa shape index (κ3) is 11.2. The van der Waals surface area contributed by atoms with Crippen LogP contribution in [0, 0.1) is 0 Å². The molecule has 0 radical (unpaired) electrons. The number of unbranched alkanes of at least 4 members (excludes halogenated alkanes) is 1. The Morgan fingerprint density at radius 2 is 1.18 bits per heavy atom. The number of nitrogens with one attached hydrogen (secondary N) is 2. The van der Waals surface area contributed by atoms with Crippen LogP contribution in [0.4, 0.5) is 24.5 Å². The van der Waals surface area contributed by atoms with Crippen molar-refractivity contribution in [2.24, 2.45) is 0 Å². The number of Topliss-reactive ketones (excluding diaryl/α,β-unsaturated/α-hetero) is 1. The number of carbonyl (C=O) groups excluding carboxylic acids is 4. The molecule has 4 aromatic rings. The molecule has 1 amide bonds. The van der Waals surface area contributed by atoms with Crippen molar-refractivity contribution in [1.82, 2.24) is 0 Å². The van der Waals surface area contributed by atoms with Crippen LogP contribution in [0.5, 0.6) is 11.5 Å². The summed E-state index contributed by atoms with van der Waals surface area (Å²) in [5, 5.41) is 5.81. The molecule has 0 saturated heterocycles. The molecule has 12 heteroatoms. The lowest BCUT2D eigenvalue weighted by Crippen LogP contribution is -2.18. The molecular weight excluding hydrogens is 665 g/mol. The van der Waals surface area contributed by atoms with Crippen LogP contribution in [0.25, 0.3) is 11.1 Å². The third-order valence-corrected chi connectivity index (χ3v) is 7.68. The maximum Gasteiger partial charge on any atom is 0.338 e. The fourth-order valence-corrected chi connectivity index (χ4v) is 4.98. The second kappa shape index (κ2) is 17.8. The number of rotatable bonds is 17. The van der Waals surface area contributed by atoms with Crippen molar-refractivity contribution < 1.29 is 46.6 Å². The van der Waals surface area contributed by atoms with Crippen LogP contribution in [0.3, 0.4) is 0 Å². The number of hydrogen-bond donors (Lipinski definition) is 2. The maximum atomic E-state index is 13.7. The first-order valence-corrected chi connectivity index (χ1v) is 16.3. The van der Waals surface area contributed by atoms with E-state index in [1.807, 2.05) is 31.3 Å². The molecule has 4 rings (SSSR count). The molecule has 4 aromatic carbocycles. The standard InChI is InChI=1S/C39H39F3N2O7/c1-25(45)34-23-26(7-17-32(34)37(47)50-22-6-19-39(2,41)42)27-8-18-33(38(48)49-21-5-4-20-40)35(24-27)36(46)44-29-11-15-31(16-12-29)51-30-13-9-28(43-3)10-14-30/h7-18,23-24,43H,4-6,19-22H2,1-3H3,(H,44,46). The van der Waals surface area contributed by atoms with Crippen LogP contribution in [0.1, 0.15) is 81.0 Å². The van der Waals surface area contributed by atoms with Gasteiger partial charge >= 0.3 is 11.9 Å². The van der Waals surface area contributed by atoms with E-state index in [0.29, 0.717) is 34.7 Å². The number of esters is 2. The summed E-state index contributed by atoms with van der Waals surface area (Å²) in [6, 6.07) is 22.8. The van der Waals surface area contributed by atoms with Crippen LogP contribution < -0.4 is 15.4 Å². The van der Waals surface area contributed by atoms with Gasteiger partial charge in [-0.2, -0.15) is 0 Å². The van der Waals surface area contributed by atoms with Gasteiger partial charge < -0.3 is 24.8 Å². The zero-order valence-corrected chi connectivity index (χ0v) is 28.5. The summed E-state index contributed by atoms with van der Waals surface area (Å²) in [5.74, 6) is -4.43. The molecule has 0 aliphatic rings. The quantitative estimate of drug-likeness (QED) is 0.0635. The van der Waals surface area contributed by atoms with Crippen LogP contribution in [0.2, 0.25) is 0 Å². The van der Waals surface area contributed by atoms with Gasteiger partial charge in [0.15, 0.2) is 5.78 Å². The summed E-state index contributed by atoms with van der Waals surface area (Å²) in [6.45, 7) is 1.21. The molecule has 0 spiro atoms. The summed E-state index contributed by atoms with van der Waals surface area (Å²) in [6.07, 6.45) is 0.0183. The van der Waals surface area contributed by atoms with Crippen molar-refractivity contribution in [3.8, 4) is 22.6 Å². The second-order valence-corrected chi connectivity index (χ2v) is 11.8. The molecule has 9 nitrogen and oxygen atoms in total. The maximum absolute atomic E-state index is 13.7. The van der Waals surface area contributed by atoms with E-state index < -0.39 is 42.6 Å². The lowest BCUT2D eigenvalue weighted by atomic mass is 9.94. The van der Waals surface area contributed by atoms with E-state index in [1.54, 1.807) is 36.4 Å². The topological polar surface area (TPSA) is 120 Å². The minimum absolute atomic E-state index is 0.0287. The lowest BCUT2D eigenvalue weighted by molar-refractivity contribution is 0.00248. The summed E-state index contributed by atoms with van der Waals surface area (Å²) in [4.78, 5) is 52.1. The molecule has 0 unspecified atom stereocenters. The summed E-state index contributed by atoms with van der Waals surface area (Å²) in [7, 11) is 1.81. The molecular formula is C39H39F3N2O7. The normalized spacial score (nSPS) is 11.0. The summed E-state index contributed by atoms with van der Waals surface area (Å²) in [5.41, 5.74) is 2.15. The Balaban J connectivity index is 1.58. The lowest BCUT2D eigenvalue weighted by Gasteiger charge is -2.14. The zero-order chi connectivity index (χ0) is 37.0. The number of alkyl halides is 3. The van der Waals surface area contributed by atoms with E-state index in [-0.39, 0.29) is 48.3 Å². The molecule has 51 heavy (non-hydrogen) atoms. The summed E-state index contributed by atoms with van der Waals surface area (Å²) < 4.78 is 55.2. The van der Waals surface area contributed by atoms with E-state index in [4.69, 9.17) is 14.2 Å². The molecule has 0 bridgehead atoms. The van der Waals surface area contributed by atoms with Crippen LogP contribution in [0.15, 0.2) is 84.9 Å². The smallest absolute Gasteiger partial charge is 0.338 e. The number of hydrogen-bond acceptors (Lipinski definition) is 8. The second-order valence-electron chi connectivity index (χ2n) is 11.8. The van der Waals surface area contributed by atoms with Gasteiger partial charge in [0.1, 0.15) is 11.5 Å². The Labute approximate surface area is 294 Å². The van der Waals surface area contributed by atoms with Crippen molar-refractivity contribution in [1.29, 1.82) is 0 Å². The van der Waals surface area contributed by atoms with Crippen molar-refractivity contribution in [2.75, 3.05) is 37.6 Å². The van der Waals surface area contributed by atoms with Crippen molar-refractivity contribution >= 4 is 35.0 Å². The first-order chi connectivity index (χ1) is 24.4. The van der Waals surface area contributed by atoms with Gasteiger partial charge in [0.25, 0.3) is 5.91 Å². The summed E-state index contributed by atoms with van der Waals surface area (Å²) >= 11 is 0. The average Bonchev–Trinajstić information content (AvgIpc) is 3.12. The predicted molar refractivity (Wildman–Crippen MR) is 188 cm³/mol. The SMILES string of the molecule is CNc1ccc(Oc2ccc(NC(=O)c3cc(-c4ccc(C(=O)OCCCC(C)(F)F)c(C(C)=O)c4)ccc3C(=O)OCCCCF)cc2)cc1. The molecule has 0 aliphatic carbocycles. The van der Waals surface area contributed by atoms with Crippen LogP contribution in [-0.4, -0.2) is 56.5 Å². The number of benzene rings is 4. The van der Waals surface area contributed by atoms with Gasteiger partial charge in [-0.25, -0.2) is 18.4 Å². The minimum atomic E-state index is -2.89. The number of anilines is 2. The third-order valence-electron chi connectivity index (χ3n) is 7.68. The van der Waals surface area contributed by atoms with Crippen LogP contribution in [-0.2, 0) is 9.47 Å². The van der Waals surface area contributed by atoms with Crippen LogP contribution >= 0.6 is 0 Å². The highest BCUT2D eigenvalue weighted by molar-refractivity contribution is 6.12. The van der Waals surface area contributed by atoms with Gasteiger partial charge in [-0.1, -0.05) is 12.1 Å². The van der Waals surface area contributed by atoms with Crippen molar-refractivity contribution in [2.45, 2.75) is 45.5 Å². The fourth-order valence-electron chi connectivity index (χ4n) is 4.98. The van der Waals surface area contributed by atoms with E-state index in [0.717, 1.165) is 12.6 Å². The Hall–Kier alpha value is -5.65. The molecule has 0 heterocycles. The fraction of sp³-hybridized carbons (Fsp3) is 0.282. The predicted octanol–water partition coefficient (Wildman–Crippen LogP) is 9.14. The molecule has 0 aromatic heterocycles. The van der Waals surface area contributed by atoms with Gasteiger partial charge in [-0.15, -0.1) is 0 Å². The monoisotopic (exact) mass is 704 g/mol.